The summed E-state index contributed by atoms with van der Waals surface area (Å²) in [6.45, 7) is 8.59. The van der Waals surface area contributed by atoms with E-state index in [1.54, 1.807) is 0 Å². The highest BCUT2D eigenvalue weighted by atomic mass is 35.5. The van der Waals surface area contributed by atoms with Crippen molar-refractivity contribution in [2.75, 3.05) is 25.5 Å². The summed E-state index contributed by atoms with van der Waals surface area (Å²) < 4.78 is 0. The van der Waals surface area contributed by atoms with Gasteiger partial charge in [-0.05, 0) is 70.1 Å². The molecule has 23 heavy (non-hydrogen) atoms. The van der Waals surface area contributed by atoms with Gasteiger partial charge in [-0.25, -0.2) is 0 Å². The predicted octanol–water partition coefficient (Wildman–Crippen LogP) is 4.54. The lowest BCUT2D eigenvalue weighted by molar-refractivity contribution is 0.126. The van der Waals surface area contributed by atoms with Crippen molar-refractivity contribution < 1.29 is 0 Å². The van der Waals surface area contributed by atoms with Crippen LogP contribution in [0.15, 0.2) is 18.2 Å². The third-order valence-corrected chi connectivity index (χ3v) is 5.89. The van der Waals surface area contributed by atoms with E-state index in [9.17, 15) is 0 Å². The van der Waals surface area contributed by atoms with E-state index in [0.717, 1.165) is 47.3 Å². The van der Waals surface area contributed by atoms with E-state index in [1.165, 1.54) is 6.42 Å². The van der Waals surface area contributed by atoms with Crippen LogP contribution < -0.4 is 5.32 Å². The fraction of sp³-hybridized carbons (Fsp3) is 0.611. The molecule has 1 atom stereocenters. The zero-order chi connectivity index (χ0) is 17.0. The lowest BCUT2D eigenvalue weighted by atomic mass is 10.0. The molecule has 0 spiro atoms. The van der Waals surface area contributed by atoms with E-state index in [2.05, 4.69) is 36.0 Å². The molecule has 0 aromatic heterocycles. The highest BCUT2D eigenvalue weighted by molar-refractivity contribution is 7.80. The van der Waals surface area contributed by atoms with Gasteiger partial charge in [0.05, 0.1) is 0 Å². The van der Waals surface area contributed by atoms with Crippen molar-refractivity contribution in [1.29, 1.82) is 0 Å². The van der Waals surface area contributed by atoms with Crippen LogP contribution in [0.2, 0.25) is 5.02 Å². The Balaban J connectivity index is 1.90. The van der Waals surface area contributed by atoms with Gasteiger partial charge in [0, 0.05) is 35.9 Å². The van der Waals surface area contributed by atoms with Gasteiger partial charge in [-0.1, -0.05) is 24.6 Å². The number of hydrogen-bond donors (Lipinski definition) is 1. The van der Waals surface area contributed by atoms with Gasteiger partial charge in [0.2, 0.25) is 0 Å². The van der Waals surface area contributed by atoms with Crippen LogP contribution in [-0.4, -0.2) is 47.1 Å². The molecule has 1 aliphatic heterocycles. The molecule has 5 heteroatoms. The summed E-state index contributed by atoms with van der Waals surface area (Å²) in [5.74, 6) is 0. The first-order chi connectivity index (χ1) is 10.9. The summed E-state index contributed by atoms with van der Waals surface area (Å²) in [5.41, 5.74) is 2.05. The molecule has 1 unspecified atom stereocenters. The quantitative estimate of drug-likeness (QED) is 0.800. The summed E-state index contributed by atoms with van der Waals surface area (Å²) in [6.07, 6.45) is 3.53. The van der Waals surface area contributed by atoms with Crippen LogP contribution in [0.25, 0.3) is 0 Å². The number of hydrogen-bond acceptors (Lipinski definition) is 2. The molecule has 3 nitrogen and oxygen atoms in total. The van der Waals surface area contributed by atoms with Crippen molar-refractivity contribution in [3.63, 3.8) is 0 Å². The van der Waals surface area contributed by atoms with Crippen molar-refractivity contribution in [1.82, 2.24) is 9.80 Å². The zero-order valence-corrected chi connectivity index (χ0v) is 16.2. The van der Waals surface area contributed by atoms with Gasteiger partial charge in [-0.15, -0.1) is 0 Å². The van der Waals surface area contributed by atoms with Crippen molar-refractivity contribution in [3.05, 3.63) is 28.8 Å². The number of rotatable bonds is 4. The van der Waals surface area contributed by atoms with Gasteiger partial charge in [0.25, 0.3) is 0 Å². The highest BCUT2D eigenvalue weighted by Gasteiger charge is 2.25. The first kappa shape index (κ1) is 18.5. The molecule has 1 fully saturated rings. The molecule has 1 heterocycles. The molecular formula is C18H28ClN3S. The van der Waals surface area contributed by atoms with Gasteiger partial charge in [-0.2, -0.15) is 0 Å². The molecule has 1 aromatic rings. The molecular weight excluding hydrogens is 326 g/mol. The normalized spacial score (nSPS) is 17.4. The minimum Gasteiger partial charge on any atom is -0.349 e. The van der Waals surface area contributed by atoms with E-state index in [1.807, 2.05) is 25.1 Å². The van der Waals surface area contributed by atoms with Gasteiger partial charge in [0.1, 0.15) is 0 Å². The smallest absolute Gasteiger partial charge is 0.173 e. The van der Waals surface area contributed by atoms with Crippen molar-refractivity contribution >= 4 is 34.6 Å². The van der Waals surface area contributed by atoms with Crippen molar-refractivity contribution in [2.24, 2.45) is 0 Å². The monoisotopic (exact) mass is 353 g/mol. The third kappa shape index (κ3) is 4.59. The topological polar surface area (TPSA) is 18.5 Å². The van der Waals surface area contributed by atoms with E-state index in [-0.39, 0.29) is 0 Å². The van der Waals surface area contributed by atoms with Gasteiger partial charge >= 0.3 is 0 Å². The number of benzene rings is 1. The second-order valence-corrected chi connectivity index (χ2v) is 7.28. The standard InChI is InChI=1S/C18H28ClN3S/c1-5-13(2)21(4)15-9-11-22(12-10-15)18(23)20-17-8-6-7-16(19)14(17)3/h6-8,13,15H,5,9-12H2,1-4H3,(H,20,23). The Bertz CT molecular complexity index is 541. The molecule has 0 amide bonds. The average Bonchev–Trinajstić information content (AvgIpc) is 2.57. The maximum Gasteiger partial charge on any atom is 0.173 e. The zero-order valence-electron chi connectivity index (χ0n) is 14.6. The summed E-state index contributed by atoms with van der Waals surface area (Å²) in [7, 11) is 2.25. The van der Waals surface area contributed by atoms with Gasteiger partial charge in [-0.3, -0.25) is 0 Å². The lowest BCUT2D eigenvalue weighted by Gasteiger charge is -2.40. The molecule has 0 aliphatic carbocycles. The number of thiocarbonyl (C=S) groups is 1. The van der Waals surface area contributed by atoms with Crippen LogP contribution in [-0.2, 0) is 0 Å². The van der Waals surface area contributed by atoms with E-state index in [0.29, 0.717) is 12.1 Å². The highest BCUT2D eigenvalue weighted by Crippen LogP contribution is 2.24. The molecule has 0 bridgehead atoms. The van der Waals surface area contributed by atoms with Crippen LogP contribution in [0.3, 0.4) is 0 Å². The first-order valence-electron chi connectivity index (χ1n) is 8.47. The van der Waals surface area contributed by atoms with Crippen LogP contribution in [0.4, 0.5) is 5.69 Å². The Hall–Kier alpha value is -0.840. The number of nitrogens with one attached hydrogen (secondary N) is 1. The van der Waals surface area contributed by atoms with E-state index in [4.69, 9.17) is 23.8 Å². The van der Waals surface area contributed by atoms with Crippen LogP contribution >= 0.6 is 23.8 Å². The molecule has 1 saturated heterocycles. The molecule has 0 radical (unpaired) electrons. The molecule has 1 aliphatic rings. The minimum atomic E-state index is 0.644. The molecule has 128 valence electrons. The van der Waals surface area contributed by atoms with Crippen LogP contribution in [0, 0.1) is 6.92 Å². The summed E-state index contributed by atoms with van der Waals surface area (Å²) >= 11 is 11.8. The summed E-state index contributed by atoms with van der Waals surface area (Å²) in [5, 5.41) is 4.93. The van der Waals surface area contributed by atoms with Crippen LogP contribution in [0.1, 0.15) is 38.7 Å². The Morgan fingerprint density at radius 1 is 1.43 bits per heavy atom. The second kappa shape index (κ2) is 8.32. The summed E-state index contributed by atoms with van der Waals surface area (Å²) in [4.78, 5) is 4.80. The average molecular weight is 354 g/mol. The summed E-state index contributed by atoms with van der Waals surface area (Å²) in [6, 6.07) is 7.19. The largest absolute Gasteiger partial charge is 0.349 e. The number of halogens is 1. The number of nitrogens with zero attached hydrogens (tertiary/aromatic N) is 2. The molecule has 1 N–H and O–H groups in total. The fourth-order valence-corrected chi connectivity index (χ4v) is 3.53. The predicted molar refractivity (Wildman–Crippen MR) is 105 cm³/mol. The minimum absolute atomic E-state index is 0.644. The van der Waals surface area contributed by atoms with Crippen molar-refractivity contribution in [2.45, 2.75) is 52.1 Å². The maximum atomic E-state index is 6.18. The Kier molecular flexibility index (Phi) is 6.69. The molecule has 2 rings (SSSR count). The van der Waals surface area contributed by atoms with Crippen molar-refractivity contribution in [3.8, 4) is 0 Å². The third-order valence-electron chi connectivity index (χ3n) is 5.12. The fourth-order valence-electron chi connectivity index (χ4n) is 3.06. The second-order valence-electron chi connectivity index (χ2n) is 6.48. The van der Waals surface area contributed by atoms with Gasteiger partial charge < -0.3 is 15.1 Å². The molecule has 0 saturated carbocycles. The molecule has 1 aromatic carbocycles. The Morgan fingerprint density at radius 3 is 2.70 bits per heavy atom. The Morgan fingerprint density at radius 2 is 2.09 bits per heavy atom. The Labute approximate surface area is 151 Å². The SMILES string of the molecule is CCC(C)N(C)C1CCN(C(=S)Nc2cccc(Cl)c2C)CC1. The lowest BCUT2D eigenvalue weighted by Crippen LogP contribution is -2.48. The maximum absolute atomic E-state index is 6.18. The number of likely N-dealkylation sites (tertiary alicyclic amines) is 1. The number of piperidine rings is 1. The van der Waals surface area contributed by atoms with E-state index >= 15 is 0 Å². The number of anilines is 1. The van der Waals surface area contributed by atoms with E-state index < -0.39 is 0 Å². The first-order valence-corrected chi connectivity index (χ1v) is 9.25. The van der Waals surface area contributed by atoms with Crippen LogP contribution in [0.5, 0.6) is 0 Å². The van der Waals surface area contributed by atoms with Gasteiger partial charge in [0.15, 0.2) is 5.11 Å².